The maximum Gasteiger partial charge on any atom is 0.244 e. The molecule has 198 valence electrons. The molecule has 36 heavy (non-hydrogen) atoms. The monoisotopic (exact) mass is 581 g/mol. The third-order valence-electron chi connectivity index (χ3n) is 7.46. The van der Waals surface area contributed by atoms with Gasteiger partial charge in [0.2, 0.25) is 17.7 Å². The first-order valence-corrected chi connectivity index (χ1v) is 14.4. The first-order valence-electron chi connectivity index (χ1n) is 12.6. The Morgan fingerprint density at radius 2 is 1.89 bits per heavy atom. The van der Waals surface area contributed by atoms with Gasteiger partial charge in [0.1, 0.15) is 11.8 Å². The SMILES string of the molecule is CCOc1ccc(NC(=O)[C@H]2[C@H]3C(=O)N([C@@H](CO)C(C)C)C(C(=O)NC(C)C)C34CC(Br)[C@@H]2S4)cc1. The maximum absolute atomic E-state index is 14.1. The van der Waals surface area contributed by atoms with E-state index in [1.807, 2.05) is 34.6 Å². The van der Waals surface area contributed by atoms with Crippen LogP contribution in [-0.4, -0.2) is 73.9 Å². The lowest BCUT2D eigenvalue weighted by Crippen LogP contribution is -2.58. The molecule has 0 saturated carbocycles. The number of aliphatic hydroxyl groups is 1. The minimum Gasteiger partial charge on any atom is -0.494 e. The van der Waals surface area contributed by atoms with Crippen molar-refractivity contribution in [3.63, 3.8) is 0 Å². The van der Waals surface area contributed by atoms with Crippen LogP contribution in [-0.2, 0) is 14.4 Å². The Balaban J connectivity index is 1.69. The molecule has 4 rings (SSSR count). The van der Waals surface area contributed by atoms with E-state index in [1.165, 1.54) is 0 Å². The molecular weight excluding hydrogens is 546 g/mol. The summed E-state index contributed by atoms with van der Waals surface area (Å²) in [7, 11) is 0. The minimum atomic E-state index is -0.754. The molecule has 3 heterocycles. The molecule has 1 aromatic rings. The van der Waals surface area contributed by atoms with E-state index >= 15 is 0 Å². The van der Waals surface area contributed by atoms with Gasteiger partial charge in [0.15, 0.2) is 0 Å². The Kier molecular flexibility index (Phi) is 7.98. The molecule has 7 atom stereocenters. The lowest BCUT2D eigenvalue weighted by molar-refractivity contribution is -0.143. The largest absolute Gasteiger partial charge is 0.494 e. The molecule has 3 unspecified atom stereocenters. The van der Waals surface area contributed by atoms with Crippen molar-refractivity contribution in [1.29, 1.82) is 0 Å². The molecule has 8 nitrogen and oxygen atoms in total. The van der Waals surface area contributed by atoms with Crippen LogP contribution in [0.2, 0.25) is 0 Å². The number of alkyl halides is 1. The van der Waals surface area contributed by atoms with Gasteiger partial charge in [-0.1, -0.05) is 29.8 Å². The predicted molar refractivity (Wildman–Crippen MR) is 144 cm³/mol. The standard InChI is InChI=1S/C26H36BrN3O5S/c1-6-35-16-9-7-15(8-10-16)29-23(32)19-20-25(34)30(18(12-31)13(2)3)22(24(33)28-14(4)5)26(20)11-17(27)21(19)36-26/h7-10,13-14,17-22,31H,6,11-12H2,1-5H3,(H,28,33)(H,29,32)/t17?,18-,19-,20-,21-,22?,26?/m0/s1. The van der Waals surface area contributed by atoms with Crippen molar-refractivity contribution in [2.24, 2.45) is 17.8 Å². The van der Waals surface area contributed by atoms with Crippen LogP contribution in [0.25, 0.3) is 0 Å². The molecule has 1 spiro atoms. The molecule has 1 aromatic carbocycles. The summed E-state index contributed by atoms with van der Waals surface area (Å²) in [4.78, 5) is 43.0. The Hall–Kier alpha value is -1.78. The van der Waals surface area contributed by atoms with Gasteiger partial charge in [0, 0.05) is 21.8 Å². The topological polar surface area (TPSA) is 108 Å². The maximum atomic E-state index is 14.1. The number of carbonyl (C=O) groups is 3. The highest BCUT2D eigenvalue weighted by atomic mass is 79.9. The molecule has 0 aliphatic carbocycles. The number of nitrogens with one attached hydrogen (secondary N) is 2. The first kappa shape index (κ1) is 27.3. The second kappa shape index (κ2) is 10.5. The number of hydrogen-bond acceptors (Lipinski definition) is 6. The Morgan fingerprint density at radius 1 is 1.22 bits per heavy atom. The number of likely N-dealkylation sites (tertiary alicyclic amines) is 1. The van der Waals surface area contributed by atoms with Gasteiger partial charge in [0.05, 0.1) is 35.8 Å². The van der Waals surface area contributed by atoms with Gasteiger partial charge in [-0.3, -0.25) is 14.4 Å². The van der Waals surface area contributed by atoms with E-state index in [0.717, 1.165) is 5.75 Å². The summed E-state index contributed by atoms with van der Waals surface area (Å²) >= 11 is 5.36. The van der Waals surface area contributed by atoms with E-state index in [1.54, 1.807) is 40.9 Å². The summed E-state index contributed by atoms with van der Waals surface area (Å²) in [6, 6.07) is 5.80. The third kappa shape index (κ3) is 4.53. The number of anilines is 1. The van der Waals surface area contributed by atoms with Gasteiger partial charge in [-0.2, -0.15) is 0 Å². The predicted octanol–water partition coefficient (Wildman–Crippen LogP) is 3.03. The summed E-state index contributed by atoms with van der Waals surface area (Å²) in [6.07, 6.45) is 0.606. The molecule has 3 fully saturated rings. The average molecular weight is 583 g/mol. The van der Waals surface area contributed by atoms with E-state index in [2.05, 4.69) is 26.6 Å². The second-order valence-electron chi connectivity index (χ2n) is 10.5. The Morgan fingerprint density at radius 3 is 2.44 bits per heavy atom. The number of nitrogens with zero attached hydrogens (tertiary/aromatic N) is 1. The number of benzene rings is 1. The van der Waals surface area contributed by atoms with E-state index in [0.29, 0.717) is 18.7 Å². The fraction of sp³-hybridized carbons (Fsp3) is 0.654. The van der Waals surface area contributed by atoms with Crippen LogP contribution in [0, 0.1) is 17.8 Å². The average Bonchev–Trinajstić information content (AvgIpc) is 3.39. The van der Waals surface area contributed by atoms with Crippen molar-refractivity contribution in [1.82, 2.24) is 10.2 Å². The second-order valence-corrected chi connectivity index (χ2v) is 13.2. The number of hydrogen-bond donors (Lipinski definition) is 3. The zero-order valence-corrected chi connectivity index (χ0v) is 23.8. The number of ether oxygens (including phenoxy) is 1. The lowest BCUT2D eigenvalue weighted by atomic mass is 9.70. The number of carbonyl (C=O) groups excluding carboxylic acids is 3. The van der Waals surface area contributed by atoms with E-state index in [-0.39, 0.29) is 46.4 Å². The van der Waals surface area contributed by atoms with Crippen LogP contribution < -0.4 is 15.4 Å². The number of aliphatic hydroxyl groups excluding tert-OH is 1. The van der Waals surface area contributed by atoms with Crippen molar-refractivity contribution in [2.45, 2.75) is 74.0 Å². The zero-order chi connectivity index (χ0) is 26.4. The van der Waals surface area contributed by atoms with Crippen LogP contribution in [0.3, 0.4) is 0 Å². The van der Waals surface area contributed by atoms with Gasteiger partial charge in [-0.05, 0) is 57.4 Å². The normalized spacial score (nSPS) is 31.6. The number of fused-ring (bicyclic) bond motifs is 1. The summed E-state index contributed by atoms with van der Waals surface area (Å²) < 4.78 is 4.75. The van der Waals surface area contributed by atoms with Crippen molar-refractivity contribution < 1.29 is 24.2 Å². The molecule has 3 amide bonds. The Labute approximate surface area is 225 Å². The highest BCUT2D eigenvalue weighted by Crippen LogP contribution is 2.68. The molecule has 3 aliphatic heterocycles. The van der Waals surface area contributed by atoms with Gasteiger partial charge in [-0.15, -0.1) is 11.8 Å². The van der Waals surface area contributed by atoms with Crippen molar-refractivity contribution >= 4 is 51.1 Å². The van der Waals surface area contributed by atoms with Crippen LogP contribution in [0.5, 0.6) is 5.75 Å². The van der Waals surface area contributed by atoms with Crippen molar-refractivity contribution in [2.75, 3.05) is 18.5 Å². The van der Waals surface area contributed by atoms with Crippen LogP contribution in [0.15, 0.2) is 24.3 Å². The van der Waals surface area contributed by atoms with Gasteiger partial charge >= 0.3 is 0 Å². The quantitative estimate of drug-likeness (QED) is 0.387. The molecule has 10 heteroatoms. The molecule has 3 saturated heterocycles. The zero-order valence-electron chi connectivity index (χ0n) is 21.4. The molecule has 0 radical (unpaired) electrons. The van der Waals surface area contributed by atoms with Crippen LogP contribution in [0.4, 0.5) is 5.69 Å². The smallest absolute Gasteiger partial charge is 0.244 e. The molecular formula is C26H36BrN3O5S. The first-order chi connectivity index (χ1) is 17.0. The summed E-state index contributed by atoms with van der Waals surface area (Å²) in [5.41, 5.74) is 0.628. The fourth-order valence-corrected chi connectivity index (χ4v) is 9.63. The van der Waals surface area contributed by atoms with Crippen LogP contribution >= 0.6 is 27.7 Å². The lowest BCUT2D eigenvalue weighted by Gasteiger charge is -2.39. The van der Waals surface area contributed by atoms with Gasteiger partial charge < -0.3 is 25.4 Å². The fourth-order valence-electron chi connectivity index (χ4n) is 6.03. The minimum absolute atomic E-state index is 0.0106. The highest BCUT2D eigenvalue weighted by molar-refractivity contribution is 9.09. The highest BCUT2D eigenvalue weighted by Gasteiger charge is 2.76. The van der Waals surface area contributed by atoms with E-state index in [9.17, 15) is 19.5 Å². The molecule has 3 N–H and O–H groups in total. The number of halogens is 1. The molecule has 0 aromatic heterocycles. The van der Waals surface area contributed by atoms with Crippen LogP contribution in [0.1, 0.15) is 41.0 Å². The number of thioether (sulfide) groups is 1. The third-order valence-corrected chi connectivity index (χ3v) is 10.7. The Bertz CT molecular complexity index is 1010. The van der Waals surface area contributed by atoms with Crippen molar-refractivity contribution in [3.05, 3.63) is 24.3 Å². The van der Waals surface area contributed by atoms with Gasteiger partial charge in [-0.25, -0.2) is 0 Å². The van der Waals surface area contributed by atoms with E-state index < -0.39 is 28.7 Å². The number of rotatable bonds is 9. The molecule has 2 bridgehead atoms. The number of amides is 3. The van der Waals surface area contributed by atoms with Crippen molar-refractivity contribution in [3.8, 4) is 5.75 Å². The summed E-state index contributed by atoms with van der Waals surface area (Å²) in [6.45, 7) is 9.87. The van der Waals surface area contributed by atoms with Gasteiger partial charge in [0.25, 0.3) is 0 Å². The summed E-state index contributed by atoms with van der Waals surface area (Å²) in [5.74, 6) is -1.24. The summed E-state index contributed by atoms with van der Waals surface area (Å²) in [5, 5.41) is 16.1. The van der Waals surface area contributed by atoms with E-state index in [4.69, 9.17) is 4.74 Å². The molecule has 3 aliphatic rings.